The van der Waals surface area contributed by atoms with E-state index in [-0.39, 0.29) is 5.69 Å². The Hall–Kier alpha value is -1.82. The Labute approximate surface area is 105 Å². The molecule has 6 nitrogen and oxygen atoms in total. The molecule has 0 amide bonds. The number of carboxylic acid groups (broad SMARTS) is 1. The molecule has 0 atom stereocenters. The second kappa shape index (κ2) is 5.68. The minimum atomic E-state index is -1.07. The number of carbonyl (C=O) groups is 1. The molecule has 1 aliphatic carbocycles. The van der Waals surface area contributed by atoms with Crippen LogP contribution in [0.4, 0.5) is 11.5 Å². The van der Waals surface area contributed by atoms with E-state index in [0.717, 1.165) is 12.5 Å². The average Bonchev–Trinajstić information content (AvgIpc) is 3.14. The molecule has 0 bridgehead atoms. The highest BCUT2D eigenvalue weighted by molar-refractivity contribution is 5.86. The van der Waals surface area contributed by atoms with Gasteiger partial charge in [-0.25, -0.2) is 9.78 Å². The molecule has 0 spiro atoms. The van der Waals surface area contributed by atoms with Gasteiger partial charge in [-0.05, 0) is 30.9 Å². The van der Waals surface area contributed by atoms with Crippen molar-refractivity contribution in [3.05, 3.63) is 17.8 Å². The first-order valence-electron chi connectivity index (χ1n) is 5.98. The van der Waals surface area contributed by atoms with E-state index in [1.165, 1.54) is 25.0 Å². The maximum atomic E-state index is 10.8. The second-order valence-corrected chi connectivity index (χ2v) is 4.38. The lowest BCUT2D eigenvalue weighted by molar-refractivity contribution is 0.0690. The summed E-state index contributed by atoms with van der Waals surface area (Å²) in [5.74, 6) is 0.0662. The van der Waals surface area contributed by atoms with Crippen LogP contribution in [-0.2, 0) is 4.74 Å². The summed E-state index contributed by atoms with van der Waals surface area (Å²) in [4.78, 5) is 14.7. The Morgan fingerprint density at radius 2 is 2.33 bits per heavy atom. The predicted molar refractivity (Wildman–Crippen MR) is 67.6 cm³/mol. The lowest BCUT2D eigenvalue weighted by atomic mass is 10.3. The van der Waals surface area contributed by atoms with Crippen LogP contribution in [0.2, 0.25) is 0 Å². The largest absolute Gasteiger partial charge is 0.477 e. The van der Waals surface area contributed by atoms with Crippen molar-refractivity contribution in [2.45, 2.75) is 12.8 Å². The molecule has 1 heterocycles. The summed E-state index contributed by atoms with van der Waals surface area (Å²) in [5.41, 5.74) is 6.11. The Kier molecular flexibility index (Phi) is 3.99. The second-order valence-electron chi connectivity index (χ2n) is 4.38. The molecule has 0 unspecified atom stereocenters. The van der Waals surface area contributed by atoms with Gasteiger partial charge >= 0.3 is 5.97 Å². The van der Waals surface area contributed by atoms with E-state index in [2.05, 4.69) is 10.3 Å². The number of anilines is 2. The third kappa shape index (κ3) is 3.59. The molecular weight excluding hydrogens is 234 g/mol. The molecule has 1 aromatic heterocycles. The topological polar surface area (TPSA) is 97.5 Å². The standard InChI is InChI=1S/C12H17N3O3/c13-9-3-4-10(12(16)17)15-11(9)14-5-6-18-7-8-1-2-8/h3-4,8H,1-2,5-7,13H2,(H,14,15)(H,16,17). The number of rotatable bonds is 7. The fraction of sp³-hybridized carbons (Fsp3) is 0.500. The van der Waals surface area contributed by atoms with Crippen molar-refractivity contribution in [1.29, 1.82) is 0 Å². The summed E-state index contributed by atoms with van der Waals surface area (Å²) < 4.78 is 5.45. The number of hydrogen-bond donors (Lipinski definition) is 3. The van der Waals surface area contributed by atoms with Crippen LogP contribution < -0.4 is 11.1 Å². The first-order valence-corrected chi connectivity index (χ1v) is 5.98. The molecule has 1 aromatic rings. The minimum absolute atomic E-state index is 0.0226. The highest BCUT2D eigenvalue weighted by Gasteiger charge is 2.20. The molecule has 4 N–H and O–H groups in total. The first-order chi connectivity index (χ1) is 8.66. The minimum Gasteiger partial charge on any atom is -0.477 e. The van der Waals surface area contributed by atoms with Gasteiger partial charge in [-0.2, -0.15) is 0 Å². The summed E-state index contributed by atoms with van der Waals surface area (Å²) in [6.45, 7) is 1.93. The number of pyridine rings is 1. The van der Waals surface area contributed by atoms with E-state index >= 15 is 0 Å². The number of nitrogens with zero attached hydrogens (tertiary/aromatic N) is 1. The zero-order valence-corrected chi connectivity index (χ0v) is 10.1. The quantitative estimate of drug-likeness (QED) is 0.630. The smallest absolute Gasteiger partial charge is 0.354 e. The third-order valence-electron chi connectivity index (χ3n) is 2.73. The molecule has 0 aliphatic heterocycles. The number of aromatic carboxylic acids is 1. The molecule has 1 fully saturated rings. The Bertz CT molecular complexity index is 433. The lowest BCUT2D eigenvalue weighted by Crippen LogP contribution is -2.14. The first kappa shape index (κ1) is 12.6. The summed E-state index contributed by atoms with van der Waals surface area (Å²) in [6.07, 6.45) is 2.53. The van der Waals surface area contributed by atoms with Gasteiger partial charge in [0.25, 0.3) is 0 Å². The summed E-state index contributed by atoms with van der Waals surface area (Å²) in [5, 5.41) is 11.8. The highest BCUT2D eigenvalue weighted by Crippen LogP contribution is 2.28. The van der Waals surface area contributed by atoms with Crippen LogP contribution >= 0.6 is 0 Å². The van der Waals surface area contributed by atoms with Gasteiger partial charge in [0.15, 0.2) is 5.69 Å². The Morgan fingerprint density at radius 3 is 3.00 bits per heavy atom. The van der Waals surface area contributed by atoms with Crippen molar-refractivity contribution in [2.75, 3.05) is 30.8 Å². The number of carboxylic acids is 1. The van der Waals surface area contributed by atoms with Crippen molar-refractivity contribution >= 4 is 17.5 Å². The zero-order valence-electron chi connectivity index (χ0n) is 10.1. The van der Waals surface area contributed by atoms with Crippen LogP contribution in [0, 0.1) is 5.92 Å². The molecule has 18 heavy (non-hydrogen) atoms. The zero-order chi connectivity index (χ0) is 13.0. The Morgan fingerprint density at radius 1 is 1.56 bits per heavy atom. The molecule has 1 aliphatic rings. The van der Waals surface area contributed by atoms with Gasteiger partial charge in [-0.3, -0.25) is 0 Å². The number of nitrogens with one attached hydrogen (secondary N) is 1. The van der Waals surface area contributed by atoms with Crippen molar-refractivity contribution in [2.24, 2.45) is 5.92 Å². The Balaban J connectivity index is 1.79. The normalized spacial score (nSPS) is 14.4. The van der Waals surface area contributed by atoms with Crippen LogP contribution in [-0.4, -0.2) is 35.8 Å². The number of nitrogen functional groups attached to an aromatic ring is 1. The number of ether oxygens (including phenoxy) is 1. The van der Waals surface area contributed by atoms with E-state index < -0.39 is 5.97 Å². The average molecular weight is 251 g/mol. The fourth-order valence-corrected chi connectivity index (χ4v) is 1.51. The monoisotopic (exact) mass is 251 g/mol. The summed E-state index contributed by atoms with van der Waals surface area (Å²) in [6, 6.07) is 2.91. The summed E-state index contributed by atoms with van der Waals surface area (Å²) in [7, 11) is 0. The van der Waals surface area contributed by atoms with Gasteiger partial charge < -0.3 is 20.9 Å². The molecule has 0 radical (unpaired) electrons. The SMILES string of the molecule is Nc1ccc(C(=O)O)nc1NCCOCC1CC1. The van der Waals surface area contributed by atoms with Crippen LogP contribution in [0.5, 0.6) is 0 Å². The highest BCUT2D eigenvalue weighted by atomic mass is 16.5. The maximum Gasteiger partial charge on any atom is 0.354 e. The maximum absolute atomic E-state index is 10.8. The molecule has 0 aromatic carbocycles. The van der Waals surface area contributed by atoms with Crippen molar-refractivity contribution in [1.82, 2.24) is 4.98 Å². The van der Waals surface area contributed by atoms with Crippen molar-refractivity contribution in [3.63, 3.8) is 0 Å². The van der Waals surface area contributed by atoms with Crippen molar-refractivity contribution < 1.29 is 14.6 Å². The van der Waals surface area contributed by atoms with Gasteiger partial charge in [-0.15, -0.1) is 0 Å². The predicted octanol–water partition coefficient (Wildman–Crippen LogP) is 1.20. The molecule has 98 valence electrons. The summed E-state index contributed by atoms with van der Waals surface area (Å²) >= 11 is 0. The van der Waals surface area contributed by atoms with E-state index in [1.807, 2.05) is 0 Å². The van der Waals surface area contributed by atoms with E-state index in [1.54, 1.807) is 0 Å². The lowest BCUT2D eigenvalue weighted by Gasteiger charge is -2.09. The van der Waals surface area contributed by atoms with Gasteiger partial charge in [0, 0.05) is 13.2 Å². The number of nitrogens with two attached hydrogens (primary N) is 1. The molecule has 6 heteroatoms. The molecule has 1 saturated carbocycles. The van der Waals surface area contributed by atoms with Crippen LogP contribution in [0.1, 0.15) is 23.3 Å². The van der Waals surface area contributed by atoms with Crippen LogP contribution in [0.25, 0.3) is 0 Å². The molecule has 2 rings (SSSR count). The van der Waals surface area contributed by atoms with E-state index in [0.29, 0.717) is 24.7 Å². The van der Waals surface area contributed by atoms with Gasteiger partial charge in [0.1, 0.15) is 5.82 Å². The van der Waals surface area contributed by atoms with Gasteiger partial charge in [-0.1, -0.05) is 0 Å². The fourth-order valence-electron chi connectivity index (χ4n) is 1.51. The number of hydrogen-bond acceptors (Lipinski definition) is 5. The third-order valence-corrected chi connectivity index (χ3v) is 2.73. The van der Waals surface area contributed by atoms with E-state index in [4.69, 9.17) is 15.6 Å². The van der Waals surface area contributed by atoms with E-state index in [9.17, 15) is 4.79 Å². The number of aromatic nitrogens is 1. The van der Waals surface area contributed by atoms with Gasteiger partial charge in [0.05, 0.1) is 12.3 Å². The molecular formula is C12H17N3O3. The molecule has 0 saturated heterocycles. The van der Waals surface area contributed by atoms with Gasteiger partial charge in [0.2, 0.25) is 0 Å². The van der Waals surface area contributed by atoms with Crippen molar-refractivity contribution in [3.8, 4) is 0 Å². The van der Waals surface area contributed by atoms with Crippen LogP contribution in [0.3, 0.4) is 0 Å². The van der Waals surface area contributed by atoms with Crippen LogP contribution in [0.15, 0.2) is 12.1 Å².